The van der Waals surface area contributed by atoms with Crippen molar-refractivity contribution in [1.29, 1.82) is 0 Å². The molecule has 0 heterocycles. The van der Waals surface area contributed by atoms with Crippen molar-refractivity contribution < 1.29 is 19.4 Å². The molecule has 18 heavy (non-hydrogen) atoms. The third-order valence-corrected chi connectivity index (χ3v) is 2.58. The standard InChI is InChI=1S/C12H16ClNO4/c1-3-18-11-4-8(6-14-7-12(15)16)9(13)5-10(11)17-2/h4-5,14H,3,6-7H2,1-2H3,(H,15,16). The molecule has 0 aliphatic carbocycles. The average Bonchev–Trinajstić information content (AvgIpc) is 2.32. The van der Waals surface area contributed by atoms with Crippen LogP contribution in [-0.4, -0.2) is 31.3 Å². The van der Waals surface area contributed by atoms with E-state index in [2.05, 4.69) is 5.32 Å². The Morgan fingerprint density at radius 2 is 2.17 bits per heavy atom. The van der Waals surface area contributed by atoms with Crippen molar-refractivity contribution in [2.45, 2.75) is 13.5 Å². The molecule has 0 radical (unpaired) electrons. The summed E-state index contributed by atoms with van der Waals surface area (Å²) in [5, 5.41) is 11.8. The summed E-state index contributed by atoms with van der Waals surface area (Å²) in [7, 11) is 1.54. The van der Waals surface area contributed by atoms with E-state index in [1.54, 1.807) is 12.1 Å². The third-order valence-electron chi connectivity index (χ3n) is 2.22. The molecule has 5 nitrogen and oxygen atoms in total. The molecule has 0 amide bonds. The van der Waals surface area contributed by atoms with Gasteiger partial charge in [-0.2, -0.15) is 0 Å². The largest absolute Gasteiger partial charge is 0.493 e. The number of rotatable bonds is 7. The van der Waals surface area contributed by atoms with E-state index in [1.807, 2.05) is 6.92 Å². The molecule has 0 aromatic heterocycles. The molecule has 0 spiro atoms. The van der Waals surface area contributed by atoms with Gasteiger partial charge in [0, 0.05) is 17.6 Å². The fourth-order valence-corrected chi connectivity index (χ4v) is 1.67. The molecule has 0 aliphatic heterocycles. The quantitative estimate of drug-likeness (QED) is 0.794. The summed E-state index contributed by atoms with van der Waals surface area (Å²) in [5.41, 5.74) is 0.766. The number of aliphatic carboxylic acids is 1. The van der Waals surface area contributed by atoms with Gasteiger partial charge in [-0.25, -0.2) is 0 Å². The van der Waals surface area contributed by atoms with Gasteiger partial charge in [0.1, 0.15) is 0 Å². The van der Waals surface area contributed by atoms with Crippen molar-refractivity contribution >= 4 is 17.6 Å². The summed E-state index contributed by atoms with van der Waals surface area (Å²) >= 11 is 6.07. The number of hydrogen-bond acceptors (Lipinski definition) is 4. The summed E-state index contributed by atoms with van der Waals surface area (Å²) in [6.07, 6.45) is 0. The Morgan fingerprint density at radius 3 is 2.72 bits per heavy atom. The van der Waals surface area contributed by atoms with Crippen LogP contribution in [0.2, 0.25) is 5.02 Å². The van der Waals surface area contributed by atoms with E-state index in [0.29, 0.717) is 29.7 Å². The molecule has 100 valence electrons. The summed E-state index contributed by atoms with van der Waals surface area (Å²) in [4.78, 5) is 10.4. The van der Waals surface area contributed by atoms with Crippen LogP contribution in [0.25, 0.3) is 0 Å². The first-order valence-electron chi connectivity index (χ1n) is 5.50. The first kappa shape index (κ1) is 14.6. The zero-order chi connectivity index (χ0) is 13.5. The summed E-state index contributed by atoms with van der Waals surface area (Å²) < 4.78 is 10.6. The Labute approximate surface area is 111 Å². The maximum Gasteiger partial charge on any atom is 0.317 e. The van der Waals surface area contributed by atoms with Crippen LogP contribution >= 0.6 is 11.6 Å². The number of halogens is 1. The van der Waals surface area contributed by atoms with Crippen LogP contribution < -0.4 is 14.8 Å². The number of carboxylic acid groups (broad SMARTS) is 1. The van der Waals surface area contributed by atoms with Crippen LogP contribution in [0.1, 0.15) is 12.5 Å². The third kappa shape index (κ3) is 4.09. The number of methoxy groups -OCH3 is 1. The maximum absolute atomic E-state index is 10.4. The first-order chi connectivity index (χ1) is 8.58. The Morgan fingerprint density at radius 1 is 1.44 bits per heavy atom. The number of carboxylic acids is 1. The molecule has 6 heteroatoms. The molecule has 0 unspecified atom stereocenters. The average molecular weight is 274 g/mol. The van der Waals surface area contributed by atoms with Gasteiger partial charge in [-0.3, -0.25) is 4.79 Å². The van der Waals surface area contributed by atoms with E-state index >= 15 is 0 Å². The molecule has 1 rings (SSSR count). The van der Waals surface area contributed by atoms with Crippen LogP contribution in [0.15, 0.2) is 12.1 Å². The second-order valence-corrected chi connectivity index (χ2v) is 3.93. The van der Waals surface area contributed by atoms with Crippen LogP contribution in [0.4, 0.5) is 0 Å². The van der Waals surface area contributed by atoms with Crippen LogP contribution in [0, 0.1) is 0 Å². The van der Waals surface area contributed by atoms with Gasteiger partial charge in [-0.15, -0.1) is 0 Å². The van der Waals surface area contributed by atoms with Crippen LogP contribution in [-0.2, 0) is 11.3 Å². The van der Waals surface area contributed by atoms with Gasteiger partial charge in [-0.1, -0.05) is 11.6 Å². The van der Waals surface area contributed by atoms with Crippen molar-refractivity contribution in [2.24, 2.45) is 0 Å². The predicted octanol–water partition coefficient (Wildman–Crippen LogP) is 1.92. The van der Waals surface area contributed by atoms with E-state index in [0.717, 1.165) is 5.56 Å². The number of hydrogen-bond donors (Lipinski definition) is 2. The van der Waals surface area contributed by atoms with Crippen molar-refractivity contribution in [1.82, 2.24) is 5.32 Å². The Hall–Kier alpha value is -1.46. The van der Waals surface area contributed by atoms with Gasteiger partial charge in [0.05, 0.1) is 20.3 Å². The zero-order valence-corrected chi connectivity index (χ0v) is 11.1. The second kappa shape index (κ2) is 7.08. The Balaban J connectivity index is 2.83. The van der Waals surface area contributed by atoms with Gasteiger partial charge in [0.2, 0.25) is 0 Å². The highest BCUT2D eigenvalue weighted by molar-refractivity contribution is 6.31. The van der Waals surface area contributed by atoms with E-state index < -0.39 is 5.97 Å². The van der Waals surface area contributed by atoms with Gasteiger partial charge in [0.25, 0.3) is 0 Å². The first-order valence-corrected chi connectivity index (χ1v) is 5.88. The number of benzene rings is 1. The van der Waals surface area contributed by atoms with Crippen molar-refractivity contribution in [2.75, 3.05) is 20.3 Å². The molecule has 0 aliphatic rings. The normalized spacial score (nSPS) is 10.2. The zero-order valence-electron chi connectivity index (χ0n) is 10.3. The molecule has 0 bridgehead atoms. The minimum atomic E-state index is -0.912. The lowest BCUT2D eigenvalue weighted by molar-refractivity contribution is -0.135. The van der Waals surface area contributed by atoms with E-state index in [1.165, 1.54) is 7.11 Å². The minimum absolute atomic E-state index is 0.119. The SMILES string of the molecule is CCOc1cc(CNCC(=O)O)c(Cl)cc1OC. The summed E-state index contributed by atoms with van der Waals surface area (Å²) in [6, 6.07) is 3.41. The molecule has 2 N–H and O–H groups in total. The fourth-order valence-electron chi connectivity index (χ4n) is 1.44. The highest BCUT2D eigenvalue weighted by atomic mass is 35.5. The topological polar surface area (TPSA) is 67.8 Å². The lowest BCUT2D eigenvalue weighted by Crippen LogP contribution is -2.22. The van der Waals surface area contributed by atoms with Crippen molar-refractivity contribution in [3.05, 3.63) is 22.7 Å². The molecule has 0 saturated heterocycles. The highest BCUT2D eigenvalue weighted by Crippen LogP contribution is 2.33. The number of ether oxygens (including phenoxy) is 2. The molecule has 0 fully saturated rings. The van der Waals surface area contributed by atoms with Crippen molar-refractivity contribution in [3.63, 3.8) is 0 Å². The summed E-state index contributed by atoms with van der Waals surface area (Å²) in [6.45, 7) is 2.62. The highest BCUT2D eigenvalue weighted by Gasteiger charge is 2.10. The fraction of sp³-hybridized carbons (Fsp3) is 0.417. The molecule has 0 saturated carbocycles. The molecular weight excluding hydrogens is 258 g/mol. The Kier molecular flexibility index (Phi) is 5.74. The smallest absolute Gasteiger partial charge is 0.317 e. The van der Waals surface area contributed by atoms with E-state index in [4.69, 9.17) is 26.2 Å². The van der Waals surface area contributed by atoms with Gasteiger partial charge < -0.3 is 19.9 Å². The van der Waals surface area contributed by atoms with Crippen molar-refractivity contribution in [3.8, 4) is 11.5 Å². The maximum atomic E-state index is 10.4. The molecular formula is C12H16ClNO4. The molecule has 1 aromatic carbocycles. The lowest BCUT2D eigenvalue weighted by atomic mass is 10.2. The van der Waals surface area contributed by atoms with Gasteiger partial charge >= 0.3 is 5.97 Å². The predicted molar refractivity (Wildman–Crippen MR) is 68.5 cm³/mol. The minimum Gasteiger partial charge on any atom is -0.493 e. The van der Waals surface area contributed by atoms with Gasteiger partial charge in [-0.05, 0) is 18.6 Å². The molecule has 0 atom stereocenters. The number of carbonyl (C=O) groups is 1. The monoisotopic (exact) mass is 273 g/mol. The van der Waals surface area contributed by atoms with E-state index in [-0.39, 0.29) is 6.54 Å². The van der Waals surface area contributed by atoms with Gasteiger partial charge in [0.15, 0.2) is 11.5 Å². The lowest BCUT2D eigenvalue weighted by Gasteiger charge is -2.13. The van der Waals surface area contributed by atoms with E-state index in [9.17, 15) is 4.79 Å². The Bertz CT molecular complexity index is 423. The van der Waals surface area contributed by atoms with Crippen LogP contribution in [0.5, 0.6) is 11.5 Å². The second-order valence-electron chi connectivity index (χ2n) is 3.52. The number of nitrogens with one attached hydrogen (secondary N) is 1. The molecule has 1 aromatic rings. The summed E-state index contributed by atoms with van der Waals surface area (Å²) in [5.74, 6) is 0.241. The van der Waals surface area contributed by atoms with Crippen LogP contribution in [0.3, 0.4) is 0 Å².